The zero-order chi connectivity index (χ0) is 15.2. The predicted molar refractivity (Wildman–Crippen MR) is 83.7 cm³/mol. The number of halogens is 3. The molecule has 0 bridgehead atoms. The molecule has 0 spiro atoms. The molecule has 1 aromatic carbocycles. The van der Waals surface area contributed by atoms with E-state index in [9.17, 15) is 8.78 Å². The Morgan fingerprint density at radius 2 is 1.86 bits per heavy atom. The van der Waals surface area contributed by atoms with Gasteiger partial charge in [0.1, 0.15) is 17.4 Å². The third-order valence-electron chi connectivity index (χ3n) is 3.85. The summed E-state index contributed by atoms with van der Waals surface area (Å²) < 4.78 is 33.5. The third-order valence-corrected chi connectivity index (χ3v) is 3.85. The summed E-state index contributed by atoms with van der Waals surface area (Å²) in [4.78, 5) is 2.07. The highest BCUT2D eigenvalue weighted by molar-refractivity contribution is 5.85. The van der Waals surface area contributed by atoms with Gasteiger partial charge in [-0.05, 0) is 12.8 Å². The Kier molecular flexibility index (Phi) is 8.03. The fourth-order valence-electron chi connectivity index (χ4n) is 2.79. The lowest BCUT2D eigenvalue weighted by Gasteiger charge is -2.35. The second kappa shape index (κ2) is 9.25. The van der Waals surface area contributed by atoms with E-state index in [-0.39, 0.29) is 36.4 Å². The van der Waals surface area contributed by atoms with E-state index in [0.29, 0.717) is 12.8 Å². The third kappa shape index (κ3) is 4.52. The van der Waals surface area contributed by atoms with Crippen LogP contribution in [-0.2, 0) is 0 Å². The number of nitrogens with one attached hydrogen (secondary N) is 1. The molecule has 1 aliphatic rings. The van der Waals surface area contributed by atoms with Crippen molar-refractivity contribution in [3.8, 4) is 5.75 Å². The number of aliphatic hydroxyl groups is 1. The molecule has 0 saturated carbocycles. The summed E-state index contributed by atoms with van der Waals surface area (Å²) in [6.07, 6.45) is 1.04. The lowest BCUT2D eigenvalue weighted by molar-refractivity contribution is 0.148. The topological polar surface area (TPSA) is 44.7 Å². The number of ether oxygens (including phenoxy) is 1. The summed E-state index contributed by atoms with van der Waals surface area (Å²) in [7, 11) is 1.38. The summed E-state index contributed by atoms with van der Waals surface area (Å²) in [6, 6.07) is 2.07. The number of aliphatic hydroxyl groups excluding tert-OH is 1. The van der Waals surface area contributed by atoms with Gasteiger partial charge in [-0.2, -0.15) is 0 Å². The largest absolute Gasteiger partial charge is 0.497 e. The van der Waals surface area contributed by atoms with Crippen molar-refractivity contribution in [3.05, 3.63) is 29.3 Å². The minimum absolute atomic E-state index is 0. The first-order chi connectivity index (χ1) is 10.2. The van der Waals surface area contributed by atoms with Crippen molar-refractivity contribution in [2.45, 2.75) is 18.9 Å². The molecular formula is C15H23ClF2N2O2. The van der Waals surface area contributed by atoms with Gasteiger partial charge in [-0.3, -0.25) is 4.90 Å². The molecule has 0 aliphatic carbocycles. The van der Waals surface area contributed by atoms with Gasteiger partial charge in [-0.15, -0.1) is 12.4 Å². The molecule has 4 nitrogen and oxygen atoms in total. The number of nitrogens with zero attached hydrogens (tertiary/aromatic N) is 1. The molecule has 1 aromatic rings. The second-order valence-corrected chi connectivity index (χ2v) is 5.17. The van der Waals surface area contributed by atoms with E-state index in [1.165, 1.54) is 19.2 Å². The summed E-state index contributed by atoms with van der Waals surface area (Å²) >= 11 is 0. The van der Waals surface area contributed by atoms with Crippen LogP contribution in [0.5, 0.6) is 5.75 Å². The highest BCUT2D eigenvalue weighted by Gasteiger charge is 2.27. The Morgan fingerprint density at radius 3 is 2.36 bits per heavy atom. The van der Waals surface area contributed by atoms with Crippen LogP contribution in [0.4, 0.5) is 8.78 Å². The van der Waals surface area contributed by atoms with Gasteiger partial charge >= 0.3 is 0 Å². The first kappa shape index (κ1) is 19.1. The number of hydrogen-bond acceptors (Lipinski definition) is 4. The highest BCUT2D eigenvalue weighted by atomic mass is 35.5. The number of rotatable bonds is 6. The Bertz CT molecular complexity index is 448. The molecule has 2 N–H and O–H groups in total. The fraction of sp³-hybridized carbons (Fsp3) is 0.600. The molecule has 22 heavy (non-hydrogen) atoms. The Hall–Kier alpha value is -0.950. The van der Waals surface area contributed by atoms with Crippen LogP contribution in [0.2, 0.25) is 0 Å². The maximum Gasteiger partial charge on any atom is 0.134 e. The molecule has 126 valence electrons. The van der Waals surface area contributed by atoms with E-state index in [0.717, 1.165) is 26.2 Å². The smallest absolute Gasteiger partial charge is 0.134 e. The van der Waals surface area contributed by atoms with Crippen molar-refractivity contribution >= 4 is 12.4 Å². The van der Waals surface area contributed by atoms with Crippen LogP contribution in [0.3, 0.4) is 0 Å². The minimum atomic E-state index is -0.590. The monoisotopic (exact) mass is 336 g/mol. The van der Waals surface area contributed by atoms with E-state index in [4.69, 9.17) is 9.84 Å². The van der Waals surface area contributed by atoms with Crippen molar-refractivity contribution in [1.29, 1.82) is 0 Å². The van der Waals surface area contributed by atoms with Crippen molar-refractivity contribution in [1.82, 2.24) is 10.2 Å². The van der Waals surface area contributed by atoms with Gasteiger partial charge in [0.25, 0.3) is 0 Å². The van der Waals surface area contributed by atoms with Gasteiger partial charge in [0.05, 0.1) is 7.11 Å². The van der Waals surface area contributed by atoms with Crippen molar-refractivity contribution in [2.75, 3.05) is 39.9 Å². The van der Waals surface area contributed by atoms with Crippen LogP contribution in [0.25, 0.3) is 0 Å². The number of benzene rings is 1. The first-order valence-corrected chi connectivity index (χ1v) is 7.26. The highest BCUT2D eigenvalue weighted by Crippen LogP contribution is 2.32. The van der Waals surface area contributed by atoms with Gasteiger partial charge in [0, 0.05) is 56.5 Å². The number of methoxy groups -OCH3 is 1. The Balaban J connectivity index is 0.00000242. The molecule has 0 aromatic heterocycles. The summed E-state index contributed by atoms with van der Waals surface area (Å²) in [5, 5.41) is 12.3. The lowest BCUT2D eigenvalue weighted by atomic mass is 9.98. The van der Waals surface area contributed by atoms with E-state index < -0.39 is 11.6 Å². The van der Waals surface area contributed by atoms with Gasteiger partial charge in [-0.25, -0.2) is 8.78 Å². The van der Waals surface area contributed by atoms with E-state index in [2.05, 4.69) is 10.2 Å². The van der Waals surface area contributed by atoms with Crippen molar-refractivity contribution in [3.63, 3.8) is 0 Å². The Morgan fingerprint density at radius 1 is 1.27 bits per heavy atom. The number of piperazine rings is 1. The van der Waals surface area contributed by atoms with E-state index in [1.807, 2.05) is 0 Å². The van der Waals surface area contributed by atoms with Gasteiger partial charge in [-0.1, -0.05) is 0 Å². The summed E-state index contributed by atoms with van der Waals surface area (Å²) in [5.74, 6) is -1.00. The van der Waals surface area contributed by atoms with Crippen molar-refractivity contribution in [2.24, 2.45) is 0 Å². The minimum Gasteiger partial charge on any atom is -0.497 e. The standard InChI is InChI=1S/C15H22F2N2O2.ClH/c1-21-11-9-12(16)15(13(17)10-11)14(3-2-8-20)19-6-4-18-5-7-19;/h9-10,14,18,20H,2-8H2,1H3;1H/t14-;/m0./s1. The summed E-state index contributed by atoms with van der Waals surface area (Å²) in [5.41, 5.74) is 0.0751. The van der Waals surface area contributed by atoms with Crippen LogP contribution in [0.1, 0.15) is 24.4 Å². The van der Waals surface area contributed by atoms with Gasteiger partial charge in [0.15, 0.2) is 0 Å². The van der Waals surface area contributed by atoms with Gasteiger partial charge < -0.3 is 15.2 Å². The van der Waals surface area contributed by atoms with Crippen LogP contribution >= 0.6 is 12.4 Å². The average Bonchev–Trinajstić information content (AvgIpc) is 2.50. The lowest BCUT2D eigenvalue weighted by Crippen LogP contribution is -2.45. The van der Waals surface area contributed by atoms with Crippen molar-refractivity contribution < 1.29 is 18.6 Å². The maximum atomic E-state index is 14.3. The molecule has 1 heterocycles. The molecule has 1 atom stereocenters. The van der Waals surface area contributed by atoms with Crippen LogP contribution in [0.15, 0.2) is 12.1 Å². The SMILES string of the molecule is COc1cc(F)c([C@H](CCCO)N2CCNCC2)c(F)c1.Cl. The summed E-state index contributed by atoms with van der Waals surface area (Å²) in [6.45, 7) is 3.09. The molecule has 1 fully saturated rings. The molecule has 0 unspecified atom stereocenters. The maximum absolute atomic E-state index is 14.3. The fourth-order valence-corrected chi connectivity index (χ4v) is 2.79. The second-order valence-electron chi connectivity index (χ2n) is 5.17. The first-order valence-electron chi connectivity index (χ1n) is 7.26. The average molecular weight is 337 g/mol. The van der Waals surface area contributed by atoms with Crippen LogP contribution < -0.4 is 10.1 Å². The molecular weight excluding hydrogens is 314 g/mol. The molecule has 1 saturated heterocycles. The van der Waals surface area contributed by atoms with Crippen LogP contribution in [-0.4, -0.2) is 49.9 Å². The Labute approximate surface area is 135 Å². The molecule has 7 heteroatoms. The normalized spacial score (nSPS) is 16.9. The quantitative estimate of drug-likeness (QED) is 0.835. The zero-order valence-electron chi connectivity index (χ0n) is 12.6. The van der Waals surface area contributed by atoms with Crippen LogP contribution in [0, 0.1) is 11.6 Å². The molecule has 0 radical (unpaired) electrons. The molecule has 1 aliphatic heterocycles. The number of hydrogen-bond donors (Lipinski definition) is 2. The van der Waals surface area contributed by atoms with E-state index >= 15 is 0 Å². The van der Waals surface area contributed by atoms with Gasteiger partial charge in [0.2, 0.25) is 0 Å². The zero-order valence-corrected chi connectivity index (χ0v) is 13.5. The molecule has 2 rings (SSSR count). The van der Waals surface area contributed by atoms with E-state index in [1.54, 1.807) is 0 Å². The predicted octanol–water partition coefficient (Wildman–Crippen LogP) is 2.11. The molecule has 0 amide bonds.